The molecular weight excluding hydrogens is 306 g/mol. The highest BCUT2D eigenvalue weighted by Crippen LogP contribution is 2.40. The number of hydrogen-bond acceptors (Lipinski definition) is 6. The van der Waals surface area contributed by atoms with Crippen molar-refractivity contribution < 1.29 is 14.7 Å². The van der Waals surface area contributed by atoms with E-state index < -0.39 is 12.1 Å². The van der Waals surface area contributed by atoms with E-state index in [1.54, 1.807) is 4.90 Å². The van der Waals surface area contributed by atoms with Crippen LogP contribution in [0.25, 0.3) is 0 Å². The van der Waals surface area contributed by atoms with E-state index in [2.05, 4.69) is 4.99 Å². The van der Waals surface area contributed by atoms with E-state index in [1.807, 2.05) is 6.92 Å². The number of hydrogen-bond donors (Lipinski definition) is 3. The zero-order valence-electron chi connectivity index (χ0n) is 12.1. The van der Waals surface area contributed by atoms with Crippen LogP contribution in [-0.2, 0) is 9.59 Å². The number of carboxylic acids is 1. The molecule has 0 saturated carbocycles. The van der Waals surface area contributed by atoms with Crippen LogP contribution in [0.2, 0.25) is 0 Å². The Labute approximate surface area is 131 Å². The lowest BCUT2D eigenvalue weighted by molar-refractivity contribution is -0.146. The molecule has 0 radical (unpaired) electrons. The van der Waals surface area contributed by atoms with E-state index in [9.17, 15) is 14.7 Å². The summed E-state index contributed by atoms with van der Waals surface area (Å²) in [6, 6.07) is 0. The highest BCUT2D eigenvalue weighted by Gasteiger charge is 2.47. The summed E-state index contributed by atoms with van der Waals surface area (Å²) in [5.41, 5.74) is 6.51. The Kier molecular flexibility index (Phi) is 3.69. The standard InChI is InChI=1S/C13H17N5O3S/c1-2-17-8(15)3-7(14)16-12(17)6-5-22-10-4-9(19)18(10)11(6)13(20)21/h8,10,14H,2-5,15H2,1H3,(H,20,21)/t8?,10-/m0/s1. The van der Waals surface area contributed by atoms with Gasteiger partial charge in [0.15, 0.2) is 0 Å². The first-order valence-electron chi connectivity index (χ1n) is 7.02. The lowest BCUT2D eigenvalue weighted by Gasteiger charge is -2.45. The normalized spacial score (nSPS) is 28.4. The minimum atomic E-state index is -1.14. The Morgan fingerprint density at radius 2 is 2.27 bits per heavy atom. The lowest BCUT2D eigenvalue weighted by atomic mass is 10.0. The number of rotatable bonds is 3. The molecule has 3 heterocycles. The second-order valence-electron chi connectivity index (χ2n) is 5.31. The number of nitrogens with two attached hydrogens (primary N) is 1. The smallest absolute Gasteiger partial charge is 0.353 e. The molecule has 1 unspecified atom stereocenters. The molecule has 1 saturated heterocycles. The van der Waals surface area contributed by atoms with Crippen molar-refractivity contribution in [1.82, 2.24) is 9.80 Å². The Balaban J connectivity index is 2.10. The van der Waals surface area contributed by atoms with Crippen LogP contribution in [-0.4, -0.2) is 62.3 Å². The predicted molar refractivity (Wildman–Crippen MR) is 82.5 cm³/mol. The fraction of sp³-hybridized carbons (Fsp3) is 0.538. The van der Waals surface area contributed by atoms with E-state index in [4.69, 9.17) is 11.1 Å². The molecule has 2 atom stereocenters. The van der Waals surface area contributed by atoms with E-state index in [1.165, 1.54) is 16.7 Å². The van der Waals surface area contributed by atoms with Crippen molar-refractivity contribution in [2.75, 3.05) is 12.3 Å². The average Bonchev–Trinajstić information content (AvgIpc) is 2.44. The highest BCUT2D eigenvalue weighted by molar-refractivity contribution is 8.00. The van der Waals surface area contributed by atoms with Gasteiger partial charge in [0.1, 0.15) is 17.4 Å². The quantitative estimate of drug-likeness (QED) is 0.629. The molecule has 3 rings (SSSR count). The molecule has 22 heavy (non-hydrogen) atoms. The van der Waals surface area contributed by atoms with E-state index in [-0.39, 0.29) is 22.8 Å². The summed E-state index contributed by atoms with van der Waals surface area (Å²) in [5.74, 6) is -0.338. The van der Waals surface area contributed by atoms with E-state index in [0.29, 0.717) is 36.5 Å². The molecule has 0 aromatic rings. The zero-order valence-corrected chi connectivity index (χ0v) is 12.9. The van der Waals surface area contributed by atoms with Gasteiger partial charge in [-0.1, -0.05) is 0 Å². The van der Waals surface area contributed by atoms with Gasteiger partial charge >= 0.3 is 5.97 Å². The number of amidine groups is 2. The summed E-state index contributed by atoms with van der Waals surface area (Å²) in [7, 11) is 0. The van der Waals surface area contributed by atoms with Crippen molar-refractivity contribution >= 4 is 35.3 Å². The van der Waals surface area contributed by atoms with Gasteiger partial charge in [0, 0.05) is 24.3 Å². The maximum atomic E-state index is 11.8. The van der Waals surface area contributed by atoms with Gasteiger partial charge < -0.3 is 15.7 Å². The number of nitrogens with one attached hydrogen (secondary N) is 1. The zero-order chi connectivity index (χ0) is 16.0. The van der Waals surface area contributed by atoms with Crippen LogP contribution in [0.5, 0.6) is 0 Å². The first kappa shape index (κ1) is 15.0. The minimum absolute atomic E-state index is 0.0147. The molecule has 0 bridgehead atoms. The van der Waals surface area contributed by atoms with E-state index in [0.717, 1.165) is 0 Å². The van der Waals surface area contributed by atoms with Gasteiger partial charge in [-0.25, -0.2) is 9.79 Å². The fourth-order valence-corrected chi connectivity index (χ4v) is 4.17. The number of carboxylic acid groups (broad SMARTS) is 1. The first-order chi connectivity index (χ1) is 10.4. The number of likely N-dealkylation sites (N-methyl/N-ethyl adjacent to an activating group) is 1. The number of thioether (sulfide) groups is 1. The number of aliphatic carboxylic acids is 1. The Hall–Kier alpha value is -1.87. The van der Waals surface area contributed by atoms with Crippen LogP contribution in [0, 0.1) is 5.41 Å². The average molecular weight is 323 g/mol. The summed E-state index contributed by atoms with van der Waals surface area (Å²) in [5, 5.41) is 17.2. The predicted octanol–water partition coefficient (Wildman–Crippen LogP) is 0.0165. The molecular formula is C13H17N5O3S. The summed E-state index contributed by atoms with van der Waals surface area (Å²) >= 11 is 1.52. The molecule has 9 heteroatoms. The van der Waals surface area contributed by atoms with Crippen molar-refractivity contribution in [3.05, 3.63) is 11.3 Å². The van der Waals surface area contributed by atoms with Crippen molar-refractivity contribution in [2.24, 2.45) is 10.7 Å². The topological polar surface area (TPSA) is 123 Å². The van der Waals surface area contributed by atoms with Gasteiger partial charge in [0.05, 0.1) is 18.0 Å². The third-order valence-corrected chi connectivity index (χ3v) is 5.20. The number of carbonyl (C=O) groups excluding carboxylic acids is 1. The molecule has 3 aliphatic heterocycles. The van der Waals surface area contributed by atoms with Crippen molar-refractivity contribution in [2.45, 2.75) is 31.3 Å². The molecule has 0 aromatic heterocycles. The second-order valence-corrected chi connectivity index (χ2v) is 6.47. The summed E-state index contributed by atoms with van der Waals surface area (Å²) < 4.78 is 0. The van der Waals surface area contributed by atoms with Crippen molar-refractivity contribution in [3.8, 4) is 0 Å². The van der Waals surface area contributed by atoms with Crippen LogP contribution in [0.1, 0.15) is 19.8 Å². The van der Waals surface area contributed by atoms with Crippen LogP contribution in [0.15, 0.2) is 16.3 Å². The summed E-state index contributed by atoms with van der Waals surface area (Å²) in [4.78, 5) is 30.8. The van der Waals surface area contributed by atoms with Crippen molar-refractivity contribution in [3.63, 3.8) is 0 Å². The van der Waals surface area contributed by atoms with Gasteiger partial charge in [-0.3, -0.25) is 15.1 Å². The van der Waals surface area contributed by atoms with E-state index >= 15 is 0 Å². The third kappa shape index (κ3) is 2.20. The molecule has 1 amide bonds. The Morgan fingerprint density at radius 3 is 2.86 bits per heavy atom. The number of nitrogens with zero attached hydrogens (tertiary/aromatic N) is 3. The Bertz CT molecular complexity index is 629. The maximum absolute atomic E-state index is 11.8. The fourth-order valence-electron chi connectivity index (χ4n) is 2.91. The van der Waals surface area contributed by atoms with Gasteiger partial charge in [0.2, 0.25) is 5.91 Å². The monoisotopic (exact) mass is 323 g/mol. The molecule has 0 aliphatic carbocycles. The second kappa shape index (κ2) is 5.40. The molecule has 0 aromatic carbocycles. The van der Waals surface area contributed by atoms with Crippen LogP contribution in [0.3, 0.4) is 0 Å². The maximum Gasteiger partial charge on any atom is 0.353 e. The number of aliphatic imine (C=N–C) groups is 1. The van der Waals surface area contributed by atoms with Gasteiger partial charge in [-0.2, -0.15) is 0 Å². The number of carbonyl (C=O) groups is 2. The number of β-lactam (4-membered cyclic amide) rings is 1. The van der Waals surface area contributed by atoms with Crippen molar-refractivity contribution in [1.29, 1.82) is 5.41 Å². The summed E-state index contributed by atoms with van der Waals surface area (Å²) in [6.07, 6.45) is 0.293. The molecule has 0 spiro atoms. The van der Waals surface area contributed by atoms with Gasteiger partial charge in [-0.05, 0) is 6.92 Å². The SMILES string of the molecule is CCN1C(C2=C(C(=O)O)N3C(=O)C[C@@H]3SC2)=NC(=N)CC1N. The van der Waals surface area contributed by atoms with Gasteiger partial charge in [-0.15, -0.1) is 11.8 Å². The largest absolute Gasteiger partial charge is 0.477 e. The molecule has 118 valence electrons. The molecule has 4 N–H and O–H groups in total. The number of amides is 1. The Morgan fingerprint density at radius 1 is 1.55 bits per heavy atom. The number of fused-ring (bicyclic) bond motifs is 1. The summed E-state index contributed by atoms with van der Waals surface area (Å²) in [6.45, 7) is 2.46. The lowest BCUT2D eigenvalue weighted by Crippen LogP contribution is -2.57. The molecule has 8 nitrogen and oxygen atoms in total. The highest BCUT2D eigenvalue weighted by atomic mass is 32.2. The molecule has 3 aliphatic rings. The molecule has 1 fully saturated rings. The van der Waals surface area contributed by atoms with Crippen LogP contribution >= 0.6 is 11.8 Å². The first-order valence-corrected chi connectivity index (χ1v) is 8.07. The van der Waals surface area contributed by atoms with Crippen LogP contribution in [0.4, 0.5) is 0 Å². The van der Waals surface area contributed by atoms with Crippen LogP contribution < -0.4 is 5.73 Å². The minimum Gasteiger partial charge on any atom is -0.477 e. The van der Waals surface area contributed by atoms with Gasteiger partial charge in [0.25, 0.3) is 0 Å². The third-order valence-electron chi connectivity index (χ3n) is 3.98.